The summed E-state index contributed by atoms with van der Waals surface area (Å²) in [5, 5.41) is 3.89. The molecule has 0 saturated heterocycles. The van der Waals surface area contributed by atoms with Gasteiger partial charge in [0.05, 0.1) is 17.9 Å². The first-order valence-corrected chi connectivity index (χ1v) is 18.1. The molecule has 0 unspecified atom stereocenters. The van der Waals surface area contributed by atoms with Gasteiger partial charge in [-0.25, -0.2) is 0 Å². The van der Waals surface area contributed by atoms with Gasteiger partial charge in [-0.15, -0.1) is 0 Å². The summed E-state index contributed by atoms with van der Waals surface area (Å²) in [6, 6.07) is 12.8. The first-order chi connectivity index (χ1) is 22.5. The summed E-state index contributed by atoms with van der Waals surface area (Å²) in [6.07, 6.45) is 6.06. The van der Waals surface area contributed by atoms with Crippen LogP contribution in [0.4, 0.5) is 0 Å². The summed E-state index contributed by atoms with van der Waals surface area (Å²) in [5.41, 5.74) is 1.81. The molecular formula is C35H47ClN3NaO8S. The molecule has 0 aliphatic carbocycles. The first kappa shape index (κ1) is 42.4. The Balaban J connectivity index is 0.00000833. The number of hydrogen-bond acceptors (Lipinski definition) is 7. The van der Waals surface area contributed by atoms with Crippen molar-refractivity contribution in [1.29, 1.82) is 0 Å². The second kappa shape index (κ2) is 19.6. The van der Waals surface area contributed by atoms with Gasteiger partial charge in [0, 0.05) is 55.1 Å². The van der Waals surface area contributed by atoms with E-state index in [0.717, 1.165) is 29.5 Å². The number of hydrogen-bond donors (Lipinski definition) is 2. The maximum absolute atomic E-state index is 13.6. The molecule has 1 heterocycles. The van der Waals surface area contributed by atoms with Crippen molar-refractivity contribution in [2.75, 3.05) is 26.0 Å². The van der Waals surface area contributed by atoms with E-state index in [0.29, 0.717) is 36.1 Å². The van der Waals surface area contributed by atoms with E-state index in [-0.39, 0.29) is 85.0 Å². The number of ether oxygens (including phenoxy) is 1. The van der Waals surface area contributed by atoms with Crippen LogP contribution in [0.2, 0.25) is 5.02 Å². The second-order valence-corrected chi connectivity index (χ2v) is 14.9. The number of carbonyl (C=O) groups is 3. The van der Waals surface area contributed by atoms with Crippen molar-refractivity contribution in [2.24, 2.45) is 0 Å². The number of unbranched alkanes of at least 4 members (excludes halogenated alkanes) is 3. The molecule has 0 radical (unpaired) electrons. The number of benzene rings is 2. The van der Waals surface area contributed by atoms with E-state index in [2.05, 4.69) is 5.32 Å². The molecule has 0 fully saturated rings. The number of pyridine rings is 1. The monoisotopic (exact) mass is 727 g/mol. The van der Waals surface area contributed by atoms with Crippen LogP contribution >= 0.6 is 11.6 Å². The van der Waals surface area contributed by atoms with E-state index in [1.807, 2.05) is 55.7 Å². The van der Waals surface area contributed by atoms with Gasteiger partial charge >= 0.3 is 35.5 Å². The normalized spacial score (nSPS) is 11.6. The predicted molar refractivity (Wildman–Crippen MR) is 194 cm³/mol. The Hall–Kier alpha value is -2.74. The Morgan fingerprint density at radius 3 is 2.22 bits per heavy atom. The summed E-state index contributed by atoms with van der Waals surface area (Å²) < 4.78 is 37.8. The SMILES string of the molecule is CN(CCS(=O)(=O)O)C(=O)CCCCCCC(=O)OCCCc1ccc2c(c1)c(=O)c(C(=O)NCc1ccc(Cl)cc1)cn2C(C)(C)C.[NaH]. The summed E-state index contributed by atoms with van der Waals surface area (Å²) in [6.45, 7) is 6.45. The Morgan fingerprint density at radius 2 is 1.59 bits per heavy atom. The van der Waals surface area contributed by atoms with E-state index < -0.39 is 27.3 Å². The molecule has 1 aromatic heterocycles. The summed E-state index contributed by atoms with van der Waals surface area (Å²) in [7, 11) is -2.62. The third-order valence-corrected chi connectivity index (χ3v) is 8.86. The van der Waals surface area contributed by atoms with E-state index in [9.17, 15) is 27.6 Å². The van der Waals surface area contributed by atoms with Crippen molar-refractivity contribution in [3.05, 3.63) is 80.6 Å². The molecule has 0 spiro atoms. The maximum atomic E-state index is 13.6. The summed E-state index contributed by atoms with van der Waals surface area (Å²) >= 11 is 5.96. The van der Waals surface area contributed by atoms with Crippen molar-refractivity contribution in [3.8, 4) is 0 Å². The number of nitrogens with one attached hydrogen (secondary N) is 1. The molecule has 0 atom stereocenters. The van der Waals surface area contributed by atoms with Crippen LogP contribution in [0, 0.1) is 0 Å². The fourth-order valence-corrected chi connectivity index (χ4v) is 5.76. The average Bonchev–Trinajstić information content (AvgIpc) is 3.02. The molecule has 0 saturated carbocycles. The third-order valence-electron chi connectivity index (χ3n) is 7.91. The molecule has 2 aromatic carbocycles. The zero-order valence-electron chi connectivity index (χ0n) is 28.1. The Kier molecular flexibility index (Phi) is 17.0. The van der Waals surface area contributed by atoms with Gasteiger partial charge in [0.15, 0.2) is 0 Å². The van der Waals surface area contributed by atoms with Crippen molar-refractivity contribution in [1.82, 2.24) is 14.8 Å². The number of nitrogens with zero attached hydrogens (tertiary/aromatic N) is 2. The molecule has 3 aromatic rings. The molecular weight excluding hydrogens is 681 g/mol. The molecule has 0 bridgehead atoms. The number of esters is 1. The number of amides is 2. The van der Waals surface area contributed by atoms with E-state index in [1.54, 1.807) is 18.3 Å². The van der Waals surface area contributed by atoms with E-state index in [1.165, 1.54) is 11.9 Å². The molecule has 3 rings (SSSR count). The van der Waals surface area contributed by atoms with Crippen LogP contribution in [0.25, 0.3) is 10.9 Å². The summed E-state index contributed by atoms with van der Waals surface area (Å²) in [4.78, 5) is 52.3. The van der Waals surface area contributed by atoms with Crippen LogP contribution in [-0.4, -0.2) is 95.7 Å². The van der Waals surface area contributed by atoms with Gasteiger partial charge in [0.1, 0.15) is 5.56 Å². The van der Waals surface area contributed by atoms with Gasteiger partial charge in [-0.2, -0.15) is 8.42 Å². The van der Waals surface area contributed by atoms with E-state index in [4.69, 9.17) is 20.9 Å². The number of carbonyl (C=O) groups excluding carboxylic acids is 3. The second-order valence-electron chi connectivity index (χ2n) is 12.9. The van der Waals surface area contributed by atoms with Gasteiger partial charge in [-0.05, 0) is 81.8 Å². The van der Waals surface area contributed by atoms with Crippen molar-refractivity contribution < 1.29 is 32.1 Å². The molecule has 11 nitrogen and oxygen atoms in total. The Morgan fingerprint density at radius 1 is 0.959 bits per heavy atom. The van der Waals surface area contributed by atoms with E-state index >= 15 is 0 Å². The fraction of sp³-hybridized carbons (Fsp3) is 0.486. The average molecular weight is 728 g/mol. The minimum atomic E-state index is -4.11. The molecule has 14 heteroatoms. The van der Waals surface area contributed by atoms with Gasteiger partial charge < -0.3 is 19.5 Å². The zero-order valence-corrected chi connectivity index (χ0v) is 29.7. The van der Waals surface area contributed by atoms with Gasteiger partial charge in [0.2, 0.25) is 11.3 Å². The van der Waals surface area contributed by atoms with Crippen LogP contribution < -0.4 is 10.7 Å². The standard InChI is InChI=1S/C35H46ClN3O8S.Na.H/c1-35(2,3)39-24-29(34(43)37-23-26-13-16-27(36)17-14-26)33(42)28-22-25(15-18-30(28)39)10-9-20-47-32(41)12-8-6-5-7-11-31(40)38(4)19-21-48(44,45)46;;/h13-18,22,24H,5-12,19-21,23H2,1-4H3,(H,37,43)(H,44,45,46);;. The molecule has 0 aliphatic heterocycles. The number of rotatable bonds is 17. The van der Waals surface area contributed by atoms with Crippen molar-refractivity contribution in [2.45, 2.75) is 84.2 Å². The quantitative estimate of drug-likeness (QED) is 0.0867. The van der Waals surface area contributed by atoms with Crippen LogP contribution in [0.3, 0.4) is 0 Å². The van der Waals surface area contributed by atoms with Crippen molar-refractivity contribution >= 4 is 80.0 Å². The molecule has 49 heavy (non-hydrogen) atoms. The first-order valence-electron chi connectivity index (χ1n) is 16.1. The van der Waals surface area contributed by atoms with Gasteiger partial charge in [-0.3, -0.25) is 23.7 Å². The molecule has 2 amide bonds. The predicted octanol–water partition coefficient (Wildman–Crippen LogP) is 4.85. The third kappa shape index (κ3) is 14.2. The molecule has 2 N–H and O–H groups in total. The van der Waals surface area contributed by atoms with Crippen LogP contribution in [0.5, 0.6) is 0 Å². The molecule has 264 valence electrons. The summed E-state index contributed by atoms with van der Waals surface area (Å²) in [5.74, 6) is -1.44. The van der Waals surface area contributed by atoms with Gasteiger partial charge in [0.25, 0.3) is 16.0 Å². The minimum absolute atomic E-state index is 0. The fourth-order valence-electron chi connectivity index (χ4n) is 5.13. The number of aromatic nitrogens is 1. The number of halogens is 1. The van der Waals surface area contributed by atoms with Gasteiger partial charge in [-0.1, -0.05) is 42.6 Å². The zero-order chi connectivity index (χ0) is 35.5. The molecule has 0 aliphatic rings. The van der Waals surface area contributed by atoms with Crippen molar-refractivity contribution in [3.63, 3.8) is 0 Å². The van der Waals surface area contributed by atoms with Crippen LogP contribution in [-0.2, 0) is 42.9 Å². The number of aryl methyl sites for hydroxylation is 1. The topological polar surface area (TPSA) is 152 Å². The van der Waals surface area contributed by atoms with Crippen LogP contribution in [0.1, 0.15) is 87.2 Å². The Labute approximate surface area is 315 Å². The Bertz CT molecular complexity index is 1760. The number of fused-ring (bicyclic) bond motifs is 1. The van der Waals surface area contributed by atoms with Crippen LogP contribution in [0.15, 0.2) is 53.5 Å².